The number of sulfonamides is 1. The molecule has 1 saturated carbocycles. The Balaban J connectivity index is 1.22. The van der Waals surface area contributed by atoms with Gasteiger partial charge in [-0.15, -0.1) is 0 Å². The number of aromatic nitrogens is 2. The minimum absolute atomic E-state index is 0.0291. The number of carbonyl (C=O) groups excluding carboxylic acids is 2. The third-order valence-electron chi connectivity index (χ3n) is 7.97. The molecule has 1 saturated heterocycles. The molecule has 2 aromatic carbocycles. The van der Waals surface area contributed by atoms with Gasteiger partial charge in [0.2, 0.25) is 21.9 Å². The molecule has 216 valence electrons. The van der Waals surface area contributed by atoms with E-state index in [-0.39, 0.29) is 22.8 Å². The molecule has 2 amide bonds. The molecular formula is C30H36N6O4S. The maximum Gasteiger partial charge on any atom is 0.253 e. The van der Waals surface area contributed by atoms with Crippen LogP contribution in [0.4, 0.5) is 11.6 Å². The number of anilines is 2. The van der Waals surface area contributed by atoms with Crippen molar-refractivity contribution in [2.75, 3.05) is 38.5 Å². The molecule has 1 aromatic heterocycles. The highest BCUT2D eigenvalue weighted by atomic mass is 32.2. The Morgan fingerprint density at radius 1 is 0.878 bits per heavy atom. The van der Waals surface area contributed by atoms with Crippen LogP contribution in [0.2, 0.25) is 0 Å². The molecule has 2 aliphatic rings. The largest absolute Gasteiger partial charge is 0.339 e. The normalized spacial score (nSPS) is 16.6. The van der Waals surface area contributed by atoms with Crippen LogP contribution in [-0.4, -0.2) is 83.6 Å². The van der Waals surface area contributed by atoms with Crippen LogP contribution >= 0.6 is 0 Å². The molecule has 0 atom stereocenters. The molecule has 0 spiro atoms. The van der Waals surface area contributed by atoms with Gasteiger partial charge >= 0.3 is 0 Å². The lowest BCUT2D eigenvalue weighted by molar-refractivity contribution is -0.130. The Labute approximate surface area is 241 Å². The summed E-state index contributed by atoms with van der Waals surface area (Å²) in [5.41, 5.74) is 2.74. The molecular weight excluding hydrogens is 540 g/mol. The van der Waals surface area contributed by atoms with Gasteiger partial charge in [0.15, 0.2) is 0 Å². The Morgan fingerprint density at radius 3 is 2.15 bits per heavy atom. The van der Waals surface area contributed by atoms with Crippen molar-refractivity contribution in [3.8, 4) is 11.3 Å². The number of nitrogens with one attached hydrogen (secondary N) is 1. The lowest BCUT2D eigenvalue weighted by Gasteiger charge is -2.34. The van der Waals surface area contributed by atoms with E-state index in [9.17, 15) is 18.0 Å². The zero-order valence-corrected chi connectivity index (χ0v) is 24.3. The van der Waals surface area contributed by atoms with Crippen LogP contribution < -0.4 is 5.32 Å². The summed E-state index contributed by atoms with van der Waals surface area (Å²) >= 11 is 0. The van der Waals surface area contributed by atoms with Crippen molar-refractivity contribution in [1.82, 2.24) is 24.1 Å². The fourth-order valence-corrected chi connectivity index (χ4v) is 6.83. The van der Waals surface area contributed by atoms with Crippen LogP contribution in [0.1, 0.15) is 49.4 Å². The Kier molecular flexibility index (Phi) is 8.65. The van der Waals surface area contributed by atoms with E-state index in [1.54, 1.807) is 84.6 Å². The Hall–Kier alpha value is -3.83. The second-order valence-corrected chi connectivity index (χ2v) is 12.6. The predicted octanol–water partition coefficient (Wildman–Crippen LogP) is 4.14. The Morgan fingerprint density at radius 2 is 1.51 bits per heavy atom. The van der Waals surface area contributed by atoms with Crippen molar-refractivity contribution in [2.45, 2.75) is 50.0 Å². The average molecular weight is 577 g/mol. The summed E-state index contributed by atoms with van der Waals surface area (Å²) in [5, 5.41) is 3.17. The van der Waals surface area contributed by atoms with E-state index < -0.39 is 10.0 Å². The number of hydrogen-bond acceptors (Lipinski definition) is 7. The molecule has 3 aromatic rings. The number of piperazine rings is 1. The van der Waals surface area contributed by atoms with E-state index in [0.717, 1.165) is 36.9 Å². The third-order valence-corrected chi connectivity index (χ3v) is 9.90. The topological polar surface area (TPSA) is 116 Å². The third kappa shape index (κ3) is 6.57. The van der Waals surface area contributed by atoms with Crippen LogP contribution in [0.3, 0.4) is 0 Å². The minimum Gasteiger partial charge on any atom is -0.339 e. The van der Waals surface area contributed by atoms with Gasteiger partial charge in [-0.05, 0) is 55.3 Å². The molecule has 0 unspecified atom stereocenters. The number of amides is 2. The number of benzene rings is 2. The van der Waals surface area contributed by atoms with E-state index in [2.05, 4.69) is 15.3 Å². The van der Waals surface area contributed by atoms with E-state index >= 15 is 0 Å². The summed E-state index contributed by atoms with van der Waals surface area (Å²) in [4.78, 5) is 37.1. The van der Waals surface area contributed by atoms with Crippen molar-refractivity contribution in [1.29, 1.82) is 0 Å². The maximum absolute atomic E-state index is 13.2. The van der Waals surface area contributed by atoms with Gasteiger partial charge in [0, 0.05) is 69.2 Å². The molecule has 10 nitrogen and oxygen atoms in total. The highest BCUT2D eigenvalue weighted by molar-refractivity contribution is 7.89. The Bertz CT molecular complexity index is 1480. The van der Waals surface area contributed by atoms with Crippen molar-refractivity contribution in [2.24, 2.45) is 0 Å². The summed E-state index contributed by atoms with van der Waals surface area (Å²) in [7, 11) is -1.88. The van der Waals surface area contributed by atoms with Crippen LogP contribution in [-0.2, 0) is 14.8 Å². The first-order valence-electron chi connectivity index (χ1n) is 14.1. The van der Waals surface area contributed by atoms with E-state index in [0.29, 0.717) is 43.4 Å². The quantitative estimate of drug-likeness (QED) is 0.449. The van der Waals surface area contributed by atoms with Crippen molar-refractivity contribution >= 4 is 33.5 Å². The molecule has 0 radical (unpaired) electrons. The zero-order valence-electron chi connectivity index (χ0n) is 23.5. The number of hydrogen-bond donors (Lipinski definition) is 1. The molecule has 41 heavy (non-hydrogen) atoms. The molecule has 1 aliphatic heterocycles. The molecule has 0 bridgehead atoms. The molecule has 5 rings (SSSR count). The molecule has 1 N–H and O–H groups in total. The molecule has 2 heterocycles. The predicted molar refractivity (Wildman–Crippen MR) is 157 cm³/mol. The second-order valence-electron chi connectivity index (χ2n) is 10.6. The fourth-order valence-electron chi connectivity index (χ4n) is 5.42. The number of nitrogens with zero attached hydrogens (tertiary/aromatic N) is 5. The summed E-state index contributed by atoms with van der Waals surface area (Å²) in [6.45, 7) is 3.67. The van der Waals surface area contributed by atoms with Gasteiger partial charge in [-0.25, -0.2) is 18.4 Å². The molecule has 2 fully saturated rings. The summed E-state index contributed by atoms with van der Waals surface area (Å²) in [6, 6.07) is 15.8. The molecule has 1 aliphatic carbocycles. The van der Waals surface area contributed by atoms with Gasteiger partial charge in [-0.1, -0.05) is 31.4 Å². The number of rotatable bonds is 7. The van der Waals surface area contributed by atoms with E-state index in [1.165, 1.54) is 10.7 Å². The summed E-state index contributed by atoms with van der Waals surface area (Å²) < 4.78 is 27.9. The van der Waals surface area contributed by atoms with Crippen molar-refractivity contribution < 1.29 is 18.0 Å². The smallest absolute Gasteiger partial charge is 0.253 e. The number of carbonyl (C=O) groups is 2. The maximum atomic E-state index is 13.2. The van der Waals surface area contributed by atoms with Crippen LogP contribution in [0, 0.1) is 0 Å². The highest BCUT2D eigenvalue weighted by Crippen LogP contribution is 2.28. The molecule has 11 heteroatoms. The van der Waals surface area contributed by atoms with Gasteiger partial charge in [0.1, 0.15) is 0 Å². The summed E-state index contributed by atoms with van der Waals surface area (Å²) in [6.07, 6.45) is 6.76. The first-order chi connectivity index (χ1) is 19.7. The highest BCUT2D eigenvalue weighted by Gasteiger charge is 2.29. The van der Waals surface area contributed by atoms with Gasteiger partial charge in [0.05, 0.1) is 10.6 Å². The standard InChI is InChI=1S/C30H36N6O4S/c1-22(37)35-18-20-36(21-19-35)29(38)24-8-12-25(13-9-24)32-30-31-17-16-28(33-30)23-10-14-27(15-11-23)41(39,40)34(2)26-6-4-3-5-7-26/h8-17,26H,3-7,18-21H2,1-2H3,(H,31,32,33). The van der Waals surface area contributed by atoms with Crippen LogP contribution in [0.5, 0.6) is 0 Å². The first kappa shape index (κ1) is 28.7. The zero-order chi connectivity index (χ0) is 29.0. The first-order valence-corrected chi connectivity index (χ1v) is 15.5. The summed E-state index contributed by atoms with van der Waals surface area (Å²) in [5.74, 6) is 0.352. The lowest BCUT2D eigenvalue weighted by Crippen LogP contribution is -2.50. The lowest BCUT2D eigenvalue weighted by atomic mass is 9.96. The minimum atomic E-state index is -3.56. The van der Waals surface area contributed by atoms with Gasteiger partial charge < -0.3 is 15.1 Å². The van der Waals surface area contributed by atoms with Gasteiger partial charge in [-0.3, -0.25) is 9.59 Å². The monoisotopic (exact) mass is 576 g/mol. The van der Waals surface area contributed by atoms with Gasteiger partial charge in [0.25, 0.3) is 5.91 Å². The van der Waals surface area contributed by atoms with Gasteiger partial charge in [-0.2, -0.15) is 4.31 Å². The fraction of sp³-hybridized carbons (Fsp3) is 0.400. The van der Waals surface area contributed by atoms with Crippen molar-refractivity contribution in [3.63, 3.8) is 0 Å². The van der Waals surface area contributed by atoms with E-state index in [4.69, 9.17) is 0 Å². The van der Waals surface area contributed by atoms with E-state index in [1.807, 2.05) is 0 Å². The average Bonchev–Trinajstić information content (AvgIpc) is 3.01. The van der Waals surface area contributed by atoms with Crippen LogP contribution in [0.25, 0.3) is 11.3 Å². The van der Waals surface area contributed by atoms with Crippen molar-refractivity contribution in [3.05, 3.63) is 66.4 Å². The second kappa shape index (κ2) is 12.4. The van der Waals surface area contributed by atoms with Crippen LogP contribution in [0.15, 0.2) is 65.7 Å². The SMILES string of the molecule is CC(=O)N1CCN(C(=O)c2ccc(Nc3nccc(-c4ccc(S(=O)(=O)N(C)C5CCCCC5)cc4)n3)cc2)CC1.